The number of aliphatic hydroxyl groups excluding tert-OH is 8. The third kappa shape index (κ3) is 48.6. The number of halogens is 2. The average Bonchev–Trinajstić information content (AvgIpc) is 3.13. The minimum absolute atomic E-state index is 0.194. The first-order valence-electron chi connectivity index (χ1n) is 20.0. The summed E-state index contributed by atoms with van der Waals surface area (Å²) in [6.07, 6.45) is 32.6. The first-order valence-corrected chi connectivity index (χ1v) is 31.6. The van der Waals surface area contributed by atoms with Gasteiger partial charge in [0.15, 0.2) is 0 Å². The Morgan fingerprint density at radius 2 is 0.353 bits per heavy atom. The second-order valence-electron chi connectivity index (χ2n) is 13.5. The van der Waals surface area contributed by atoms with Crippen molar-refractivity contribution < 1.29 is 54.0 Å². The Bertz CT molecular complexity index is 483. The molecule has 0 fully saturated rings. The van der Waals surface area contributed by atoms with Crippen LogP contribution in [0.5, 0.6) is 0 Å². The Labute approximate surface area is 333 Å². The van der Waals surface area contributed by atoms with Gasteiger partial charge in [-0.3, -0.25) is 0 Å². The first kappa shape index (κ1) is 57.8. The van der Waals surface area contributed by atoms with Crippen LogP contribution < -0.4 is 0 Å². The van der Waals surface area contributed by atoms with Crippen molar-refractivity contribution in [1.29, 1.82) is 0 Å². The van der Waals surface area contributed by atoms with E-state index in [1.807, 2.05) is 0 Å². The zero-order valence-electron chi connectivity index (χ0n) is 32.1. The fourth-order valence-electron chi connectivity index (χ4n) is 6.10. The van der Waals surface area contributed by atoms with Gasteiger partial charge in [0.1, 0.15) is 0 Å². The van der Waals surface area contributed by atoms with E-state index in [2.05, 4.69) is 0 Å². The van der Waals surface area contributed by atoms with Crippen molar-refractivity contribution >= 4 is 51.9 Å². The Kier molecular flexibility index (Phi) is 59.5. The van der Waals surface area contributed by atoms with Crippen LogP contribution in [0.3, 0.4) is 0 Å². The van der Waals surface area contributed by atoms with Crippen LogP contribution in [0.15, 0.2) is 0 Å². The van der Waals surface area contributed by atoms with Crippen molar-refractivity contribution in [3.8, 4) is 0 Å². The summed E-state index contributed by atoms with van der Waals surface area (Å²) < 4.78 is 0. The molecule has 0 atom stereocenters. The Hall–Kier alpha value is 2.50. The number of hydrogen-bond acceptors (Lipinski definition) is 8. The summed E-state index contributed by atoms with van der Waals surface area (Å²) in [6, 6.07) is 0. The first-order chi connectivity index (χ1) is 25.0. The minimum atomic E-state index is -0.340. The normalized spacial score (nSPS) is 11.4. The molecule has 8 N–H and O–H groups in total. The monoisotopic (exact) mass is 894 g/mol. The third-order valence-corrected chi connectivity index (χ3v) is 22.5. The molecule has 0 radical (unpaired) electrons. The Balaban J connectivity index is -0.000000838. The third-order valence-electron chi connectivity index (χ3n) is 9.17. The second-order valence-corrected chi connectivity index (χ2v) is 27.3. The average molecular weight is 896 g/mol. The van der Waals surface area contributed by atoms with Crippen LogP contribution in [0.25, 0.3) is 0 Å². The van der Waals surface area contributed by atoms with Crippen LogP contribution >= 0.6 is 51.9 Å². The molecular formula is C36H84Cl2FeO8P4+5. The van der Waals surface area contributed by atoms with Crippen molar-refractivity contribution in [2.24, 2.45) is 0 Å². The second kappa shape index (κ2) is 52.5. The molecule has 0 rings (SSSR count). The van der Waals surface area contributed by atoms with E-state index in [-0.39, 0.29) is 44.8 Å². The molecule has 0 aromatic carbocycles. The van der Waals surface area contributed by atoms with Gasteiger partial charge in [-0.25, -0.2) is 0 Å². The maximum absolute atomic E-state index is 8.99. The zero-order valence-corrected chi connectivity index (χ0v) is 38.8. The topological polar surface area (TPSA) is 162 Å². The van der Waals surface area contributed by atoms with Crippen LogP contribution in [-0.2, 0) is 13.1 Å². The Morgan fingerprint density at radius 3 is 0.451 bits per heavy atom. The van der Waals surface area contributed by atoms with Crippen molar-refractivity contribution in [2.75, 3.05) is 127 Å². The molecule has 51 heavy (non-hydrogen) atoms. The van der Waals surface area contributed by atoms with Crippen molar-refractivity contribution in [3.05, 3.63) is 0 Å². The van der Waals surface area contributed by atoms with Gasteiger partial charge in [0.05, 0.1) is 73.9 Å². The summed E-state index contributed by atoms with van der Waals surface area (Å²) in [5, 5.41) is 72.0. The molecule has 0 saturated carbocycles. The molecule has 0 saturated heterocycles. The van der Waals surface area contributed by atoms with Crippen molar-refractivity contribution in [3.63, 3.8) is 0 Å². The predicted octanol–water partition coefficient (Wildman–Crippen LogP) is 6.39. The van der Waals surface area contributed by atoms with Gasteiger partial charge in [-0.05, 0) is 103 Å². The fraction of sp³-hybridized carbons (Fsp3) is 1.00. The van der Waals surface area contributed by atoms with Gasteiger partial charge in [0.25, 0.3) is 0 Å². The molecule has 0 bridgehead atoms. The van der Waals surface area contributed by atoms with Gasteiger partial charge < -0.3 is 40.9 Å². The summed E-state index contributed by atoms with van der Waals surface area (Å²) in [6.45, 7) is 2.47. The predicted molar refractivity (Wildman–Crippen MR) is 234 cm³/mol. The SMILES string of the molecule is OCCCC[PH+](CCCCO)CC[PH+](CCCCO)CCCCO.OCCCC[PH+](CCCCO)CC[PH+](CCCCO)CCCCO.[Cl][Fe+][Cl]. The molecule has 0 aliphatic heterocycles. The summed E-state index contributed by atoms with van der Waals surface area (Å²) in [7, 11) is 8.17. The van der Waals surface area contributed by atoms with E-state index in [1.54, 1.807) is 0 Å². The van der Waals surface area contributed by atoms with E-state index < -0.39 is 0 Å². The molecule has 0 aromatic heterocycles. The van der Waals surface area contributed by atoms with Crippen LogP contribution in [-0.4, -0.2) is 168 Å². The fourth-order valence-corrected chi connectivity index (χ4v) is 20.8. The molecule has 8 nitrogen and oxygen atoms in total. The van der Waals surface area contributed by atoms with Crippen molar-refractivity contribution in [1.82, 2.24) is 0 Å². The van der Waals surface area contributed by atoms with Crippen LogP contribution in [0, 0.1) is 0 Å². The maximum atomic E-state index is 8.99. The van der Waals surface area contributed by atoms with E-state index in [4.69, 9.17) is 61.0 Å². The quantitative estimate of drug-likeness (QED) is 0.0201. The van der Waals surface area contributed by atoms with E-state index in [0.29, 0.717) is 52.9 Å². The van der Waals surface area contributed by atoms with Crippen LogP contribution in [0.2, 0.25) is 0 Å². The summed E-state index contributed by atoms with van der Waals surface area (Å²) in [4.78, 5) is 0. The van der Waals surface area contributed by atoms with E-state index in [9.17, 15) is 0 Å². The molecule has 15 heteroatoms. The summed E-state index contributed by atoms with van der Waals surface area (Å²) >= 11 is 0.194. The number of aliphatic hydroxyl groups is 8. The molecule has 313 valence electrons. The molecule has 0 spiro atoms. The van der Waals surface area contributed by atoms with E-state index >= 15 is 0 Å². The van der Waals surface area contributed by atoms with Crippen molar-refractivity contribution in [2.45, 2.75) is 103 Å². The van der Waals surface area contributed by atoms with Gasteiger partial charge in [-0.1, -0.05) is 0 Å². The molecule has 0 aliphatic carbocycles. The van der Waals surface area contributed by atoms with Crippen LogP contribution in [0.1, 0.15) is 103 Å². The summed E-state index contributed by atoms with van der Waals surface area (Å²) in [5.74, 6) is 0. The summed E-state index contributed by atoms with van der Waals surface area (Å²) in [5.41, 5.74) is 0. The zero-order chi connectivity index (χ0) is 38.5. The van der Waals surface area contributed by atoms with Gasteiger partial charge in [-0.2, -0.15) is 0 Å². The van der Waals surface area contributed by atoms with Crippen LogP contribution in [0.4, 0.5) is 0 Å². The molecule has 0 aromatic rings. The molecule has 0 amide bonds. The van der Waals surface area contributed by atoms with Gasteiger partial charge in [0.2, 0.25) is 0 Å². The standard InChI is InChI=1S/2C18H40O4P2.2ClH.Fe/c2*19-9-1-5-13-23(14-6-2-10-20)17-18-24(15-7-3-11-21)16-8-4-12-22;;;/h2*19-22H,1-18H2;2*1H;/q;;;;+3/p+2. The van der Waals surface area contributed by atoms with Gasteiger partial charge in [0, 0.05) is 84.5 Å². The molecule has 0 unspecified atom stereocenters. The number of unbranched alkanes of at least 4 members (excludes halogenated alkanes) is 8. The van der Waals surface area contributed by atoms with E-state index in [0.717, 1.165) is 103 Å². The number of rotatable bonds is 38. The van der Waals surface area contributed by atoms with Gasteiger partial charge in [-0.15, -0.1) is 0 Å². The molecule has 0 heterocycles. The van der Waals surface area contributed by atoms with E-state index in [1.165, 1.54) is 73.9 Å². The van der Waals surface area contributed by atoms with Gasteiger partial charge >= 0.3 is 33.3 Å². The molecular weight excluding hydrogens is 811 g/mol. The number of hydrogen-bond donors (Lipinski definition) is 8. The Morgan fingerprint density at radius 1 is 0.235 bits per heavy atom. The molecule has 0 aliphatic rings.